The van der Waals surface area contributed by atoms with Gasteiger partial charge in [-0.05, 0) is 56.8 Å². The number of hydrogen-bond acceptors (Lipinski definition) is 7. The van der Waals surface area contributed by atoms with Crippen molar-refractivity contribution in [3.63, 3.8) is 0 Å². The first kappa shape index (κ1) is 26.0. The van der Waals surface area contributed by atoms with Crippen LogP contribution in [0.5, 0.6) is 11.5 Å². The van der Waals surface area contributed by atoms with Crippen LogP contribution in [0.2, 0.25) is 0 Å². The van der Waals surface area contributed by atoms with Gasteiger partial charge in [0.25, 0.3) is 11.6 Å². The van der Waals surface area contributed by atoms with Crippen LogP contribution in [-0.4, -0.2) is 85.9 Å². The van der Waals surface area contributed by atoms with E-state index >= 15 is 0 Å². The number of rotatable bonds is 9. The molecular weight excluding hydrogens is 452 g/mol. The summed E-state index contributed by atoms with van der Waals surface area (Å²) in [6, 6.07) is 8.22. The number of carbonyl (C=O) groups excluding carboxylic acids is 2. The maximum absolute atomic E-state index is 13.3. The van der Waals surface area contributed by atoms with Gasteiger partial charge >= 0.3 is 0 Å². The van der Waals surface area contributed by atoms with Crippen molar-refractivity contribution in [2.24, 2.45) is 0 Å². The molecule has 0 saturated heterocycles. The highest BCUT2D eigenvalue weighted by Gasteiger charge is 2.27. The normalized spacial score (nSPS) is 12.8. The second-order valence-corrected chi connectivity index (χ2v) is 8.83. The van der Waals surface area contributed by atoms with E-state index in [-0.39, 0.29) is 23.7 Å². The third-order valence-electron chi connectivity index (χ3n) is 6.15. The van der Waals surface area contributed by atoms with Gasteiger partial charge in [-0.3, -0.25) is 19.7 Å². The molecular formula is C25H32N4O6. The van der Waals surface area contributed by atoms with Gasteiger partial charge in [-0.2, -0.15) is 0 Å². The summed E-state index contributed by atoms with van der Waals surface area (Å²) in [4.78, 5) is 42.5. The molecule has 3 rings (SSSR count). The number of nitro groups is 1. The Morgan fingerprint density at radius 2 is 1.71 bits per heavy atom. The van der Waals surface area contributed by atoms with Crippen LogP contribution in [0.1, 0.15) is 27.0 Å². The van der Waals surface area contributed by atoms with Gasteiger partial charge in [0.1, 0.15) is 6.54 Å². The Hall–Kier alpha value is -3.66. The van der Waals surface area contributed by atoms with E-state index in [9.17, 15) is 19.7 Å². The van der Waals surface area contributed by atoms with E-state index in [1.165, 1.54) is 11.0 Å². The molecule has 0 atom stereocenters. The largest absolute Gasteiger partial charge is 0.493 e. The molecule has 2 amide bonds. The first-order valence-corrected chi connectivity index (χ1v) is 11.3. The molecule has 0 spiro atoms. The number of ether oxygens (including phenoxy) is 2. The zero-order chi connectivity index (χ0) is 25.7. The number of nitrogens with zero attached hydrogens (tertiary/aromatic N) is 4. The third-order valence-corrected chi connectivity index (χ3v) is 6.15. The first-order valence-electron chi connectivity index (χ1n) is 11.3. The zero-order valence-electron chi connectivity index (χ0n) is 20.9. The summed E-state index contributed by atoms with van der Waals surface area (Å²) in [7, 11) is 6.92. The zero-order valence-corrected chi connectivity index (χ0v) is 20.9. The summed E-state index contributed by atoms with van der Waals surface area (Å²) in [5.41, 5.74) is 2.62. The fourth-order valence-corrected chi connectivity index (χ4v) is 4.05. The van der Waals surface area contributed by atoms with Crippen molar-refractivity contribution < 1.29 is 24.0 Å². The van der Waals surface area contributed by atoms with Crippen molar-refractivity contribution in [2.75, 3.05) is 54.5 Å². The van der Waals surface area contributed by atoms with Crippen LogP contribution in [0.3, 0.4) is 0 Å². The molecule has 10 nitrogen and oxygen atoms in total. The van der Waals surface area contributed by atoms with Gasteiger partial charge in [0.05, 0.1) is 19.1 Å². The SMILES string of the molecule is COc1cc2c(cc1OC)CN(C(=O)CN(CCN(C)C)C(=O)c1ccc(C)c([N+](=O)[O-])c1)CC2. The smallest absolute Gasteiger partial charge is 0.273 e. The van der Waals surface area contributed by atoms with Crippen molar-refractivity contribution in [3.8, 4) is 11.5 Å². The lowest BCUT2D eigenvalue weighted by Crippen LogP contribution is -2.46. The minimum absolute atomic E-state index is 0.114. The molecule has 0 aromatic heterocycles. The van der Waals surface area contributed by atoms with Gasteiger partial charge in [0.15, 0.2) is 11.5 Å². The Balaban J connectivity index is 1.80. The van der Waals surface area contributed by atoms with Crippen LogP contribution >= 0.6 is 0 Å². The van der Waals surface area contributed by atoms with Crippen molar-refractivity contribution in [1.82, 2.24) is 14.7 Å². The standard InChI is InChI=1S/C25H32N4O6/c1-17-6-7-19(12-21(17)29(32)33)25(31)28(11-10-26(2)3)16-24(30)27-9-8-18-13-22(34-4)23(35-5)14-20(18)15-27/h6-7,12-14H,8-11,15-16H2,1-5H3. The summed E-state index contributed by atoms with van der Waals surface area (Å²) >= 11 is 0. The molecule has 0 radical (unpaired) electrons. The maximum Gasteiger partial charge on any atom is 0.273 e. The van der Waals surface area contributed by atoms with E-state index in [0.717, 1.165) is 11.1 Å². The highest BCUT2D eigenvalue weighted by atomic mass is 16.6. The minimum Gasteiger partial charge on any atom is -0.493 e. The number of likely N-dealkylation sites (N-methyl/N-ethyl adjacent to an activating group) is 1. The molecule has 188 valence electrons. The molecule has 0 saturated carbocycles. The highest BCUT2D eigenvalue weighted by molar-refractivity contribution is 5.97. The van der Waals surface area contributed by atoms with Crippen LogP contribution in [0.25, 0.3) is 0 Å². The van der Waals surface area contributed by atoms with Crippen molar-refractivity contribution in [2.45, 2.75) is 19.9 Å². The number of amides is 2. The van der Waals surface area contributed by atoms with Crippen molar-refractivity contribution in [1.29, 1.82) is 0 Å². The fraction of sp³-hybridized carbons (Fsp3) is 0.440. The fourth-order valence-electron chi connectivity index (χ4n) is 4.05. The molecule has 0 fully saturated rings. The van der Waals surface area contributed by atoms with Crippen LogP contribution in [0, 0.1) is 17.0 Å². The molecule has 0 N–H and O–H groups in total. The maximum atomic E-state index is 13.3. The van der Waals surface area contributed by atoms with Crippen LogP contribution in [-0.2, 0) is 17.8 Å². The molecule has 2 aromatic carbocycles. The van der Waals surface area contributed by atoms with E-state index in [0.29, 0.717) is 49.7 Å². The molecule has 0 unspecified atom stereocenters. The summed E-state index contributed by atoms with van der Waals surface area (Å²) in [5, 5.41) is 11.3. The average molecular weight is 485 g/mol. The molecule has 1 aliphatic heterocycles. The number of methoxy groups -OCH3 is 2. The van der Waals surface area contributed by atoms with Crippen LogP contribution in [0.15, 0.2) is 30.3 Å². The van der Waals surface area contributed by atoms with E-state index in [2.05, 4.69) is 0 Å². The number of fused-ring (bicyclic) bond motifs is 1. The Labute approximate surface area is 205 Å². The summed E-state index contributed by atoms with van der Waals surface area (Å²) in [6.45, 7) is 3.30. The minimum atomic E-state index is -0.504. The van der Waals surface area contributed by atoms with E-state index < -0.39 is 10.8 Å². The molecule has 1 heterocycles. The average Bonchev–Trinajstić information content (AvgIpc) is 2.84. The number of aryl methyl sites for hydroxylation is 1. The number of hydrogen-bond donors (Lipinski definition) is 0. The number of nitro benzene ring substituents is 1. The Morgan fingerprint density at radius 1 is 1.06 bits per heavy atom. The molecule has 35 heavy (non-hydrogen) atoms. The quantitative estimate of drug-likeness (QED) is 0.398. The van der Waals surface area contributed by atoms with Gasteiger partial charge in [-0.15, -0.1) is 0 Å². The Kier molecular flexibility index (Phi) is 8.29. The predicted octanol–water partition coefficient (Wildman–Crippen LogP) is 2.51. The topological polar surface area (TPSA) is 105 Å². The Bertz CT molecular complexity index is 1120. The third kappa shape index (κ3) is 6.07. The monoisotopic (exact) mass is 484 g/mol. The summed E-state index contributed by atoms with van der Waals surface area (Å²) in [6.07, 6.45) is 0.664. The first-order chi connectivity index (χ1) is 16.6. The summed E-state index contributed by atoms with van der Waals surface area (Å²) < 4.78 is 10.8. The Morgan fingerprint density at radius 3 is 2.31 bits per heavy atom. The number of carbonyl (C=O) groups is 2. The van der Waals surface area contributed by atoms with Crippen molar-refractivity contribution >= 4 is 17.5 Å². The van der Waals surface area contributed by atoms with Gasteiger partial charge in [0.2, 0.25) is 5.91 Å². The number of benzene rings is 2. The van der Waals surface area contributed by atoms with Crippen LogP contribution in [0.4, 0.5) is 5.69 Å². The predicted molar refractivity (Wildman–Crippen MR) is 131 cm³/mol. The molecule has 0 bridgehead atoms. The van der Waals surface area contributed by atoms with Gasteiger partial charge < -0.3 is 24.2 Å². The van der Waals surface area contributed by atoms with Gasteiger partial charge in [-0.25, -0.2) is 0 Å². The molecule has 10 heteroatoms. The molecule has 0 aliphatic carbocycles. The van der Waals surface area contributed by atoms with E-state index in [1.54, 1.807) is 38.2 Å². The summed E-state index contributed by atoms with van der Waals surface area (Å²) in [5.74, 6) is 0.661. The van der Waals surface area contributed by atoms with Gasteiger partial charge in [0, 0.05) is 43.4 Å². The highest BCUT2D eigenvalue weighted by Crippen LogP contribution is 2.33. The lowest BCUT2D eigenvalue weighted by atomic mass is 9.98. The second kappa shape index (κ2) is 11.2. The molecule has 2 aromatic rings. The lowest BCUT2D eigenvalue weighted by Gasteiger charge is -2.32. The second-order valence-electron chi connectivity index (χ2n) is 8.83. The van der Waals surface area contributed by atoms with Crippen LogP contribution < -0.4 is 9.47 Å². The van der Waals surface area contributed by atoms with E-state index in [4.69, 9.17) is 9.47 Å². The molecule has 1 aliphatic rings. The van der Waals surface area contributed by atoms with Crippen molar-refractivity contribution in [3.05, 3.63) is 62.7 Å². The lowest BCUT2D eigenvalue weighted by molar-refractivity contribution is -0.385. The van der Waals surface area contributed by atoms with Gasteiger partial charge in [-0.1, -0.05) is 6.07 Å². The van der Waals surface area contributed by atoms with E-state index in [1.807, 2.05) is 31.1 Å².